The lowest BCUT2D eigenvalue weighted by Gasteiger charge is -2.33. The summed E-state index contributed by atoms with van der Waals surface area (Å²) in [5.41, 5.74) is 6.11. The Balaban J connectivity index is 1.38. The van der Waals surface area contributed by atoms with Crippen LogP contribution in [0.4, 0.5) is 0 Å². The molecule has 0 amide bonds. The molecular weight excluding hydrogens is 399 g/mol. The Bertz CT molecular complexity index is 1340. The van der Waals surface area contributed by atoms with Gasteiger partial charge in [0.2, 0.25) is 5.90 Å². The van der Waals surface area contributed by atoms with E-state index in [0.717, 1.165) is 56.2 Å². The summed E-state index contributed by atoms with van der Waals surface area (Å²) < 4.78 is 18.3. The lowest BCUT2D eigenvalue weighted by atomic mass is 9.35. The topological polar surface area (TPSA) is 52.9 Å². The second kappa shape index (κ2) is 6.72. The number of aliphatic imine (C=N–C) groups is 1. The third-order valence-electron chi connectivity index (χ3n) is 6.19. The second-order valence-electron chi connectivity index (χ2n) is 8.07. The molecule has 0 aliphatic carbocycles. The summed E-state index contributed by atoms with van der Waals surface area (Å²) >= 11 is 0. The maximum Gasteiger partial charge on any atom is 0.260 e. The van der Waals surface area contributed by atoms with Crippen LogP contribution in [0.2, 0.25) is 0 Å². The van der Waals surface area contributed by atoms with Gasteiger partial charge >= 0.3 is 0 Å². The van der Waals surface area contributed by atoms with Gasteiger partial charge in [-0.25, -0.2) is 4.99 Å². The van der Waals surface area contributed by atoms with E-state index in [2.05, 4.69) is 46.4 Å². The first kappa shape index (κ1) is 17.6. The van der Waals surface area contributed by atoms with Gasteiger partial charge in [0, 0.05) is 17.2 Å². The number of benzene rings is 3. The summed E-state index contributed by atoms with van der Waals surface area (Å²) in [6, 6.07) is 24.6. The van der Waals surface area contributed by atoms with E-state index in [0.29, 0.717) is 19.0 Å². The first-order chi connectivity index (χ1) is 15.8. The Labute approximate surface area is 185 Å². The van der Waals surface area contributed by atoms with Gasteiger partial charge in [0.05, 0.1) is 6.54 Å². The number of hydrogen-bond donors (Lipinski definition) is 0. The molecular formula is C26H17BN2O3. The Morgan fingerprint density at radius 1 is 0.719 bits per heavy atom. The predicted molar refractivity (Wildman–Crippen MR) is 125 cm³/mol. The van der Waals surface area contributed by atoms with Crippen molar-refractivity contribution >= 4 is 29.0 Å². The van der Waals surface area contributed by atoms with Gasteiger partial charge < -0.3 is 14.2 Å². The molecule has 7 rings (SSSR count). The maximum absolute atomic E-state index is 6.37. The third-order valence-corrected chi connectivity index (χ3v) is 6.19. The average Bonchev–Trinajstić information content (AvgIpc) is 3.39. The number of fused-ring (bicyclic) bond motifs is 4. The van der Waals surface area contributed by atoms with E-state index in [1.807, 2.05) is 42.6 Å². The van der Waals surface area contributed by atoms with Crippen molar-refractivity contribution in [3.8, 4) is 34.1 Å². The molecule has 3 aliphatic rings. The fourth-order valence-electron chi connectivity index (χ4n) is 4.74. The Kier molecular flexibility index (Phi) is 3.70. The molecule has 3 aromatic carbocycles. The smallest absolute Gasteiger partial charge is 0.260 e. The van der Waals surface area contributed by atoms with Crippen LogP contribution < -0.4 is 25.9 Å². The molecule has 0 saturated carbocycles. The lowest BCUT2D eigenvalue weighted by Crippen LogP contribution is -2.57. The summed E-state index contributed by atoms with van der Waals surface area (Å²) in [4.78, 5) is 8.91. The molecule has 32 heavy (non-hydrogen) atoms. The van der Waals surface area contributed by atoms with E-state index in [1.54, 1.807) is 0 Å². The zero-order valence-corrected chi connectivity index (χ0v) is 17.1. The summed E-state index contributed by atoms with van der Waals surface area (Å²) in [5.74, 6) is 4.02. The molecule has 0 N–H and O–H groups in total. The van der Waals surface area contributed by atoms with Crippen molar-refractivity contribution in [2.24, 2.45) is 4.99 Å². The molecule has 0 bridgehead atoms. The highest BCUT2D eigenvalue weighted by Crippen LogP contribution is 2.37. The molecule has 0 spiro atoms. The Morgan fingerprint density at radius 2 is 1.41 bits per heavy atom. The molecule has 3 aliphatic heterocycles. The van der Waals surface area contributed by atoms with Crippen LogP contribution in [0.5, 0.6) is 23.0 Å². The highest BCUT2D eigenvalue weighted by Gasteiger charge is 2.40. The van der Waals surface area contributed by atoms with Crippen molar-refractivity contribution in [3.63, 3.8) is 0 Å². The minimum Gasteiger partial charge on any atom is -0.474 e. The quantitative estimate of drug-likeness (QED) is 0.407. The van der Waals surface area contributed by atoms with Crippen molar-refractivity contribution in [1.82, 2.24) is 4.98 Å². The van der Waals surface area contributed by atoms with Gasteiger partial charge in [-0.2, -0.15) is 0 Å². The van der Waals surface area contributed by atoms with Crippen LogP contribution in [0.15, 0.2) is 84.0 Å². The van der Waals surface area contributed by atoms with Crippen molar-refractivity contribution < 1.29 is 14.2 Å². The van der Waals surface area contributed by atoms with Crippen LogP contribution in [0.3, 0.4) is 0 Å². The van der Waals surface area contributed by atoms with Crippen LogP contribution >= 0.6 is 0 Å². The van der Waals surface area contributed by atoms with Gasteiger partial charge in [-0.3, -0.25) is 4.98 Å². The van der Waals surface area contributed by atoms with Crippen LogP contribution in [-0.4, -0.2) is 30.7 Å². The molecule has 152 valence electrons. The van der Waals surface area contributed by atoms with E-state index in [-0.39, 0.29) is 6.71 Å². The molecule has 4 heterocycles. The highest BCUT2D eigenvalue weighted by atomic mass is 16.5. The Morgan fingerprint density at radius 3 is 2.00 bits per heavy atom. The summed E-state index contributed by atoms with van der Waals surface area (Å²) in [6.07, 6.45) is 1.85. The van der Waals surface area contributed by atoms with Crippen LogP contribution in [0.1, 0.15) is 5.69 Å². The van der Waals surface area contributed by atoms with E-state index >= 15 is 0 Å². The normalized spacial score (nSPS) is 14.9. The Hall–Kier alpha value is -4.06. The number of rotatable bonds is 2. The van der Waals surface area contributed by atoms with Crippen molar-refractivity contribution in [3.05, 3.63) is 84.7 Å². The monoisotopic (exact) mass is 416 g/mol. The molecule has 0 unspecified atom stereocenters. The largest absolute Gasteiger partial charge is 0.474 e. The summed E-state index contributed by atoms with van der Waals surface area (Å²) in [5, 5.41) is 0. The van der Waals surface area contributed by atoms with Crippen LogP contribution in [0.25, 0.3) is 11.1 Å². The van der Waals surface area contributed by atoms with Crippen molar-refractivity contribution in [1.29, 1.82) is 0 Å². The first-order valence-corrected chi connectivity index (χ1v) is 10.7. The van der Waals surface area contributed by atoms with Gasteiger partial charge in [0.1, 0.15) is 35.3 Å². The number of aromatic nitrogens is 1. The number of pyridine rings is 1. The lowest BCUT2D eigenvalue weighted by molar-refractivity contribution is 0.347. The second-order valence-corrected chi connectivity index (χ2v) is 8.07. The standard InChI is InChI=1S/C26H17BN2O3/c1-3-7-21-18(5-1)27-19-6-2-4-8-22(19)32-24-14-17(13-23(31-21)25(24)27)16-9-10-20(29-15-16)26-28-11-12-30-26/h1-10,13-15H,11-12H2. The molecule has 5 nitrogen and oxygen atoms in total. The van der Waals surface area contributed by atoms with Gasteiger partial charge in [0.15, 0.2) is 0 Å². The fourth-order valence-corrected chi connectivity index (χ4v) is 4.74. The number of nitrogens with zero attached hydrogens (tertiary/aromatic N) is 2. The number of para-hydroxylation sites is 2. The van der Waals surface area contributed by atoms with E-state index in [1.165, 1.54) is 0 Å². The van der Waals surface area contributed by atoms with E-state index in [9.17, 15) is 0 Å². The van der Waals surface area contributed by atoms with Crippen LogP contribution in [-0.2, 0) is 4.74 Å². The molecule has 0 radical (unpaired) electrons. The SMILES string of the molecule is c1ccc2c(c1)Oc1cc(-c3ccc(C4=NCCO4)nc3)cc3c1B2c1ccccc1O3. The predicted octanol–water partition coefficient (Wildman–Crippen LogP) is 3.25. The molecule has 6 heteroatoms. The van der Waals surface area contributed by atoms with Crippen LogP contribution in [0, 0.1) is 0 Å². The molecule has 0 fully saturated rings. The minimum atomic E-state index is 0.0852. The zero-order valence-electron chi connectivity index (χ0n) is 17.1. The summed E-state index contributed by atoms with van der Waals surface area (Å²) in [7, 11) is 0. The highest BCUT2D eigenvalue weighted by molar-refractivity contribution is 6.98. The third kappa shape index (κ3) is 2.59. The first-order valence-electron chi connectivity index (χ1n) is 10.7. The van der Waals surface area contributed by atoms with Gasteiger partial charge in [-0.05, 0) is 46.8 Å². The molecule has 0 atom stereocenters. The molecule has 4 aromatic rings. The molecule has 1 aromatic heterocycles. The van der Waals surface area contributed by atoms with E-state index < -0.39 is 0 Å². The summed E-state index contributed by atoms with van der Waals surface area (Å²) in [6.45, 7) is 1.39. The van der Waals surface area contributed by atoms with Crippen molar-refractivity contribution in [2.45, 2.75) is 0 Å². The zero-order chi connectivity index (χ0) is 21.1. The minimum absolute atomic E-state index is 0.0852. The van der Waals surface area contributed by atoms with Gasteiger partial charge in [-0.1, -0.05) is 42.5 Å². The van der Waals surface area contributed by atoms with E-state index in [4.69, 9.17) is 14.2 Å². The average molecular weight is 416 g/mol. The van der Waals surface area contributed by atoms with Gasteiger partial charge in [-0.15, -0.1) is 0 Å². The number of hydrogen-bond acceptors (Lipinski definition) is 5. The molecule has 0 saturated heterocycles. The number of ether oxygens (including phenoxy) is 3. The van der Waals surface area contributed by atoms with Crippen molar-refractivity contribution in [2.75, 3.05) is 13.2 Å². The maximum atomic E-state index is 6.37. The fraction of sp³-hybridized carbons (Fsp3) is 0.0769. The van der Waals surface area contributed by atoms with Gasteiger partial charge in [0.25, 0.3) is 6.71 Å².